The topological polar surface area (TPSA) is 44.2 Å². The summed E-state index contributed by atoms with van der Waals surface area (Å²) in [4.78, 5) is 8.16. The van der Waals surface area contributed by atoms with Crippen molar-refractivity contribution in [3.05, 3.63) is 54.6 Å². The summed E-state index contributed by atoms with van der Waals surface area (Å²) in [7, 11) is 0. The van der Waals surface area contributed by atoms with Gasteiger partial charge in [-0.25, -0.2) is 14.4 Å². The van der Waals surface area contributed by atoms with Gasteiger partial charge in [0.15, 0.2) is 0 Å². The number of fused-ring (bicyclic) bond motifs is 1. The Balaban J connectivity index is 1.92. The van der Waals surface area contributed by atoms with Crippen LogP contribution in [0.2, 0.25) is 0 Å². The molecular formula is C16H13FN2O2. The average molecular weight is 284 g/mol. The molecule has 0 saturated heterocycles. The van der Waals surface area contributed by atoms with Crippen LogP contribution in [0.5, 0.6) is 17.4 Å². The molecule has 0 saturated carbocycles. The summed E-state index contributed by atoms with van der Waals surface area (Å²) in [6, 6.07) is 11.5. The van der Waals surface area contributed by atoms with Crippen molar-refractivity contribution < 1.29 is 13.9 Å². The molecular weight excluding hydrogens is 271 g/mol. The first-order chi connectivity index (χ1) is 10.3. The van der Waals surface area contributed by atoms with E-state index in [2.05, 4.69) is 9.97 Å². The van der Waals surface area contributed by atoms with Crippen LogP contribution in [0.25, 0.3) is 10.9 Å². The predicted octanol–water partition coefficient (Wildman–Crippen LogP) is 3.96. The van der Waals surface area contributed by atoms with Crippen LogP contribution in [-0.2, 0) is 0 Å². The number of aromatic nitrogens is 2. The predicted molar refractivity (Wildman–Crippen MR) is 77.2 cm³/mol. The van der Waals surface area contributed by atoms with Gasteiger partial charge in [0.25, 0.3) is 0 Å². The number of rotatable bonds is 4. The Hall–Kier alpha value is -2.69. The minimum atomic E-state index is -0.353. The maximum atomic E-state index is 13.4. The van der Waals surface area contributed by atoms with Gasteiger partial charge in [-0.2, -0.15) is 0 Å². The van der Waals surface area contributed by atoms with Crippen molar-refractivity contribution in [2.24, 2.45) is 0 Å². The molecule has 0 unspecified atom stereocenters. The highest BCUT2D eigenvalue weighted by Crippen LogP contribution is 2.28. The van der Waals surface area contributed by atoms with Gasteiger partial charge in [-0.15, -0.1) is 0 Å². The van der Waals surface area contributed by atoms with Gasteiger partial charge in [-0.3, -0.25) is 0 Å². The first-order valence-electron chi connectivity index (χ1n) is 6.57. The van der Waals surface area contributed by atoms with E-state index in [-0.39, 0.29) is 5.82 Å². The van der Waals surface area contributed by atoms with Crippen LogP contribution in [0, 0.1) is 5.82 Å². The van der Waals surface area contributed by atoms with Crippen LogP contribution in [0.1, 0.15) is 6.92 Å². The van der Waals surface area contributed by atoms with Crippen LogP contribution in [-0.4, -0.2) is 16.6 Å². The Morgan fingerprint density at radius 2 is 1.76 bits per heavy atom. The molecule has 0 amide bonds. The Morgan fingerprint density at radius 1 is 1.00 bits per heavy atom. The standard InChI is InChI=1S/C16H13FN2O2/c1-2-20-12-4-6-13(7-5-12)21-16-14-9-11(17)3-8-15(14)18-10-19-16/h3-10H,2H2,1H3. The zero-order chi connectivity index (χ0) is 14.7. The molecule has 0 fully saturated rings. The van der Waals surface area contributed by atoms with Crippen LogP contribution in [0.3, 0.4) is 0 Å². The van der Waals surface area contributed by atoms with Gasteiger partial charge in [0.2, 0.25) is 5.88 Å². The lowest BCUT2D eigenvalue weighted by Crippen LogP contribution is -1.93. The molecule has 3 rings (SSSR count). The summed E-state index contributed by atoms with van der Waals surface area (Å²) < 4.78 is 24.4. The second-order valence-electron chi connectivity index (χ2n) is 4.35. The molecule has 0 aliphatic heterocycles. The lowest BCUT2D eigenvalue weighted by Gasteiger charge is -2.08. The van der Waals surface area contributed by atoms with Crippen molar-refractivity contribution in [1.82, 2.24) is 9.97 Å². The first-order valence-corrected chi connectivity index (χ1v) is 6.57. The van der Waals surface area contributed by atoms with Gasteiger partial charge in [0, 0.05) is 0 Å². The SMILES string of the molecule is CCOc1ccc(Oc2ncnc3ccc(F)cc23)cc1. The average Bonchev–Trinajstić information content (AvgIpc) is 2.50. The molecule has 0 aliphatic carbocycles. The normalized spacial score (nSPS) is 10.6. The van der Waals surface area contributed by atoms with Crippen LogP contribution < -0.4 is 9.47 Å². The number of ether oxygens (including phenoxy) is 2. The minimum Gasteiger partial charge on any atom is -0.494 e. The van der Waals surface area contributed by atoms with Crippen molar-refractivity contribution in [2.45, 2.75) is 6.92 Å². The van der Waals surface area contributed by atoms with Crippen LogP contribution in [0.15, 0.2) is 48.8 Å². The zero-order valence-electron chi connectivity index (χ0n) is 11.4. The maximum absolute atomic E-state index is 13.4. The largest absolute Gasteiger partial charge is 0.494 e. The van der Waals surface area contributed by atoms with Gasteiger partial charge in [0.1, 0.15) is 23.6 Å². The molecule has 0 aliphatic rings. The summed E-state index contributed by atoms with van der Waals surface area (Å²) in [6.45, 7) is 2.53. The van der Waals surface area contributed by atoms with E-state index < -0.39 is 0 Å². The van der Waals surface area contributed by atoms with Crippen molar-refractivity contribution in [3.63, 3.8) is 0 Å². The molecule has 1 aromatic heterocycles. The Morgan fingerprint density at radius 3 is 2.52 bits per heavy atom. The molecule has 1 heterocycles. The Bertz CT molecular complexity index is 760. The Labute approximate surface area is 121 Å². The van der Waals surface area contributed by atoms with E-state index in [4.69, 9.17) is 9.47 Å². The summed E-state index contributed by atoms with van der Waals surface area (Å²) in [6.07, 6.45) is 1.39. The molecule has 2 aromatic carbocycles. The molecule has 4 nitrogen and oxygen atoms in total. The number of hydrogen-bond donors (Lipinski definition) is 0. The lowest BCUT2D eigenvalue weighted by atomic mass is 10.2. The fourth-order valence-electron chi connectivity index (χ4n) is 1.97. The fourth-order valence-corrected chi connectivity index (χ4v) is 1.97. The van der Waals surface area contributed by atoms with Gasteiger partial charge in [-0.1, -0.05) is 0 Å². The molecule has 0 atom stereocenters. The second kappa shape index (κ2) is 5.75. The molecule has 21 heavy (non-hydrogen) atoms. The van der Waals surface area contributed by atoms with Gasteiger partial charge >= 0.3 is 0 Å². The first kappa shape index (κ1) is 13.3. The van der Waals surface area contributed by atoms with E-state index in [0.29, 0.717) is 29.1 Å². The van der Waals surface area contributed by atoms with Crippen molar-refractivity contribution >= 4 is 10.9 Å². The quantitative estimate of drug-likeness (QED) is 0.727. The summed E-state index contributed by atoms with van der Waals surface area (Å²) >= 11 is 0. The van der Waals surface area contributed by atoms with E-state index in [0.717, 1.165) is 5.75 Å². The number of benzene rings is 2. The highest BCUT2D eigenvalue weighted by molar-refractivity contribution is 5.83. The molecule has 3 aromatic rings. The van der Waals surface area contributed by atoms with Crippen molar-refractivity contribution in [1.29, 1.82) is 0 Å². The Kier molecular flexibility index (Phi) is 3.64. The van der Waals surface area contributed by atoms with Crippen LogP contribution >= 0.6 is 0 Å². The monoisotopic (exact) mass is 284 g/mol. The van der Waals surface area contributed by atoms with Gasteiger partial charge in [-0.05, 0) is 49.4 Å². The molecule has 0 N–H and O–H groups in total. The van der Waals surface area contributed by atoms with E-state index in [1.54, 1.807) is 18.2 Å². The minimum absolute atomic E-state index is 0.323. The second-order valence-corrected chi connectivity index (χ2v) is 4.35. The van der Waals surface area contributed by atoms with E-state index in [1.807, 2.05) is 19.1 Å². The van der Waals surface area contributed by atoms with Crippen LogP contribution in [0.4, 0.5) is 4.39 Å². The molecule has 106 valence electrons. The zero-order valence-corrected chi connectivity index (χ0v) is 11.4. The smallest absolute Gasteiger partial charge is 0.230 e. The van der Waals surface area contributed by atoms with Gasteiger partial charge < -0.3 is 9.47 Å². The molecule has 5 heteroatoms. The summed E-state index contributed by atoms with van der Waals surface area (Å²) in [5.74, 6) is 1.34. The van der Waals surface area contributed by atoms with Crippen molar-refractivity contribution in [3.8, 4) is 17.4 Å². The molecule has 0 spiro atoms. The third kappa shape index (κ3) is 2.91. The highest BCUT2D eigenvalue weighted by atomic mass is 19.1. The fraction of sp³-hybridized carbons (Fsp3) is 0.125. The third-order valence-corrected chi connectivity index (χ3v) is 2.91. The molecule has 0 radical (unpaired) electrons. The summed E-state index contributed by atoms with van der Waals surface area (Å²) in [5.41, 5.74) is 0.632. The summed E-state index contributed by atoms with van der Waals surface area (Å²) in [5, 5.41) is 0.534. The van der Waals surface area contributed by atoms with Gasteiger partial charge in [0.05, 0.1) is 17.5 Å². The van der Waals surface area contributed by atoms with E-state index in [1.165, 1.54) is 18.5 Å². The lowest BCUT2D eigenvalue weighted by molar-refractivity contribution is 0.339. The number of nitrogens with zero attached hydrogens (tertiary/aromatic N) is 2. The van der Waals surface area contributed by atoms with Crippen molar-refractivity contribution in [2.75, 3.05) is 6.61 Å². The number of hydrogen-bond acceptors (Lipinski definition) is 4. The number of halogens is 1. The van der Waals surface area contributed by atoms with E-state index >= 15 is 0 Å². The molecule has 0 bridgehead atoms. The third-order valence-electron chi connectivity index (χ3n) is 2.91. The van der Waals surface area contributed by atoms with E-state index in [9.17, 15) is 4.39 Å². The maximum Gasteiger partial charge on any atom is 0.230 e. The highest BCUT2D eigenvalue weighted by Gasteiger charge is 2.07.